The Morgan fingerprint density at radius 2 is 1.94 bits per heavy atom. The van der Waals surface area contributed by atoms with E-state index in [1.165, 1.54) is 11.6 Å². The predicted octanol–water partition coefficient (Wildman–Crippen LogP) is 2.81. The van der Waals surface area contributed by atoms with Crippen molar-refractivity contribution < 1.29 is 4.43 Å². The van der Waals surface area contributed by atoms with E-state index in [0.29, 0.717) is 0 Å². The number of hydrogen-bond acceptors (Lipinski definition) is 2. The Balaban J connectivity index is 2.07. The van der Waals surface area contributed by atoms with E-state index >= 15 is 0 Å². The summed E-state index contributed by atoms with van der Waals surface area (Å²) in [5, 5.41) is 0. The zero-order chi connectivity index (χ0) is 12.6. The van der Waals surface area contributed by atoms with Gasteiger partial charge in [-0.3, -0.25) is 4.99 Å². The van der Waals surface area contributed by atoms with E-state index in [9.17, 15) is 0 Å². The summed E-state index contributed by atoms with van der Waals surface area (Å²) in [6.07, 6.45) is 3.10. The van der Waals surface area contributed by atoms with E-state index < -0.39 is 0 Å². The van der Waals surface area contributed by atoms with Crippen LogP contribution in [0.2, 0.25) is 6.04 Å². The topological polar surface area (TPSA) is 21.6 Å². The molecule has 0 heterocycles. The van der Waals surface area contributed by atoms with Crippen molar-refractivity contribution in [3.05, 3.63) is 35.9 Å². The van der Waals surface area contributed by atoms with Gasteiger partial charge >= 0.3 is 0 Å². The fourth-order valence-corrected chi connectivity index (χ4v) is 2.58. The molecule has 3 heteroatoms. The quantitative estimate of drug-likeness (QED) is 0.431. The summed E-state index contributed by atoms with van der Waals surface area (Å²) in [5.74, 6) is 0. The van der Waals surface area contributed by atoms with Crippen LogP contribution in [-0.2, 0) is 4.43 Å². The van der Waals surface area contributed by atoms with Gasteiger partial charge < -0.3 is 4.43 Å². The molecule has 0 radical (unpaired) electrons. The number of rotatable bonds is 6. The second-order valence-corrected chi connectivity index (χ2v) is 6.52. The third kappa shape index (κ3) is 7.88. The Morgan fingerprint density at radius 3 is 2.59 bits per heavy atom. The number of hydrogen-bond donors (Lipinski definition) is 0. The fourth-order valence-electron chi connectivity index (χ4n) is 1.39. The van der Waals surface area contributed by atoms with Crippen molar-refractivity contribution in [1.29, 1.82) is 0 Å². The normalized spacial score (nSPS) is 12.9. The van der Waals surface area contributed by atoms with E-state index in [-0.39, 0.29) is 15.4 Å². The molecule has 0 bridgehead atoms. The number of benzene rings is 1. The van der Waals surface area contributed by atoms with Crippen LogP contribution in [0, 0.1) is 0 Å². The van der Waals surface area contributed by atoms with Gasteiger partial charge in [0.15, 0.2) is 9.76 Å². The molecule has 17 heavy (non-hydrogen) atoms. The second kappa shape index (κ2) is 7.40. The van der Waals surface area contributed by atoms with Crippen LogP contribution in [0.1, 0.15) is 32.8 Å². The van der Waals surface area contributed by atoms with E-state index in [1.807, 2.05) is 24.4 Å². The lowest BCUT2D eigenvalue weighted by Gasteiger charge is -2.19. The van der Waals surface area contributed by atoms with Gasteiger partial charge in [-0.1, -0.05) is 30.3 Å². The van der Waals surface area contributed by atoms with Crippen LogP contribution in [0.4, 0.5) is 0 Å². The van der Waals surface area contributed by atoms with Crippen LogP contribution in [-0.4, -0.2) is 28.1 Å². The van der Waals surface area contributed by atoms with Crippen molar-refractivity contribution in [3.63, 3.8) is 0 Å². The maximum absolute atomic E-state index is 5.78. The third-order valence-electron chi connectivity index (χ3n) is 2.26. The average Bonchev–Trinajstić information content (AvgIpc) is 2.28. The Labute approximate surface area is 107 Å². The summed E-state index contributed by atoms with van der Waals surface area (Å²) in [5.41, 5.74) is 1.22. The smallest absolute Gasteiger partial charge is 0.162 e. The Hall–Kier alpha value is -0.933. The zero-order valence-electron chi connectivity index (χ0n) is 11.1. The van der Waals surface area contributed by atoms with Gasteiger partial charge in [-0.15, -0.1) is 0 Å². The van der Waals surface area contributed by atoms with Crippen molar-refractivity contribution in [2.45, 2.75) is 38.8 Å². The monoisotopic (exact) mass is 249 g/mol. The molecule has 0 spiro atoms. The van der Waals surface area contributed by atoms with Gasteiger partial charge in [0, 0.05) is 18.4 Å². The largest absolute Gasteiger partial charge is 0.419 e. The average molecular weight is 249 g/mol. The molecule has 0 fully saturated rings. The van der Waals surface area contributed by atoms with Crippen molar-refractivity contribution in [1.82, 2.24) is 0 Å². The Kier molecular flexibility index (Phi) is 6.15. The standard InChI is InChI=1S/C14H23NOSi/c1-14(2,3)16-17-11-7-10-15-12-13-8-5-4-6-9-13/h4-6,8-9,12H,7,10-11,17H2,1-3H3. The molecular weight excluding hydrogens is 226 g/mol. The van der Waals surface area contributed by atoms with Crippen molar-refractivity contribution >= 4 is 16.0 Å². The molecule has 0 N–H and O–H groups in total. The van der Waals surface area contributed by atoms with E-state index in [1.54, 1.807) is 0 Å². The lowest BCUT2D eigenvalue weighted by Crippen LogP contribution is -2.21. The Morgan fingerprint density at radius 1 is 1.24 bits per heavy atom. The summed E-state index contributed by atoms with van der Waals surface area (Å²) < 4.78 is 5.78. The van der Waals surface area contributed by atoms with Crippen molar-refractivity contribution in [3.8, 4) is 0 Å². The van der Waals surface area contributed by atoms with Crippen LogP contribution < -0.4 is 0 Å². The van der Waals surface area contributed by atoms with Crippen LogP contribution >= 0.6 is 0 Å². The van der Waals surface area contributed by atoms with Crippen molar-refractivity contribution in [2.75, 3.05) is 6.54 Å². The van der Waals surface area contributed by atoms with Crippen LogP contribution in [0.3, 0.4) is 0 Å². The first-order valence-corrected chi connectivity index (χ1v) is 7.84. The lowest BCUT2D eigenvalue weighted by atomic mass is 10.2. The summed E-state index contributed by atoms with van der Waals surface area (Å²) in [6, 6.07) is 11.4. The van der Waals surface area contributed by atoms with Gasteiger partial charge in [-0.25, -0.2) is 0 Å². The first-order valence-electron chi connectivity index (χ1n) is 6.27. The molecular formula is C14H23NOSi. The van der Waals surface area contributed by atoms with E-state index in [0.717, 1.165) is 13.0 Å². The van der Waals surface area contributed by atoms with E-state index in [2.05, 4.69) is 37.9 Å². The molecule has 94 valence electrons. The molecule has 0 unspecified atom stereocenters. The fraction of sp³-hybridized carbons (Fsp3) is 0.500. The highest BCUT2D eigenvalue weighted by Crippen LogP contribution is 2.06. The highest BCUT2D eigenvalue weighted by Gasteiger charge is 2.08. The molecule has 0 atom stereocenters. The third-order valence-corrected chi connectivity index (χ3v) is 4.12. The molecule has 1 rings (SSSR count). The maximum atomic E-state index is 5.78. The maximum Gasteiger partial charge on any atom is 0.162 e. The van der Waals surface area contributed by atoms with Gasteiger partial charge in [-0.2, -0.15) is 0 Å². The minimum Gasteiger partial charge on any atom is -0.419 e. The zero-order valence-corrected chi connectivity index (χ0v) is 12.6. The highest BCUT2D eigenvalue weighted by atomic mass is 28.2. The predicted molar refractivity (Wildman–Crippen MR) is 77.7 cm³/mol. The molecule has 0 aliphatic heterocycles. The summed E-state index contributed by atoms with van der Waals surface area (Å²) in [6.45, 7) is 7.27. The van der Waals surface area contributed by atoms with Gasteiger partial charge in [0.1, 0.15) is 0 Å². The lowest BCUT2D eigenvalue weighted by molar-refractivity contribution is 0.138. The Bertz CT molecular complexity index is 330. The SMILES string of the molecule is CC(C)(C)O[SiH2]CCCN=Cc1ccccc1. The van der Waals surface area contributed by atoms with Gasteiger partial charge in [0.25, 0.3) is 0 Å². The molecule has 0 aliphatic carbocycles. The van der Waals surface area contributed by atoms with Gasteiger partial charge in [0.2, 0.25) is 0 Å². The molecule has 0 saturated heterocycles. The minimum absolute atomic E-state index is 0.0412. The molecule has 2 nitrogen and oxygen atoms in total. The number of aliphatic imine (C=N–C) groups is 1. The van der Waals surface area contributed by atoms with Crippen molar-refractivity contribution in [2.24, 2.45) is 4.99 Å². The summed E-state index contributed by atoms with van der Waals surface area (Å²) in [4.78, 5) is 4.42. The van der Waals surface area contributed by atoms with Crippen LogP contribution in [0.25, 0.3) is 0 Å². The van der Waals surface area contributed by atoms with Gasteiger partial charge in [0.05, 0.1) is 0 Å². The first kappa shape index (κ1) is 14.1. The molecule has 0 amide bonds. The summed E-state index contributed by atoms with van der Waals surface area (Å²) >= 11 is 0. The molecule has 1 aromatic carbocycles. The van der Waals surface area contributed by atoms with E-state index in [4.69, 9.17) is 4.43 Å². The first-order chi connectivity index (χ1) is 8.08. The number of nitrogens with zero attached hydrogens (tertiary/aromatic N) is 1. The van der Waals surface area contributed by atoms with Gasteiger partial charge in [-0.05, 0) is 38.8 Å². The summed E-state index contributed by atoms with van der Waals surface area (Å²) in [7, 11) is -0.358. The van der Waals surface area contributed by atoms with Crippen LogP contribution in [0.5, 0.6) is 0 Å². The van der Waals surface area contributed by atoms with Crippen LogP contribution in [0.15, 0.2) is 35.3 Å². The molecule has 1 aromatic rings. The molecule has 0 aromatic heterocycles. The highest BCUT2D eigenvalue weighted by molar-refractivity contribution is 6.27. The second-order valence-electron chi connectivity index (χ2n) is 5.11. The minimum atomic E-state index is -0.358. The molecule has 0 saturated carbocycles. The molecule has 0 aliphatic rings.